The van der Waals surface area contributed by atoms with Gasteiger partial charge in [0.1, 0.15) is 0 Å². The van der Waals surface area contributed by atoms with Gasteiger partial charge in [0.25, 0.3) is 0 Å². The number of carbonyl (C=O) groups is 1. The molecule has 1 aliphatic rings. The maximum Gasteiger partial charge on any atom is 0.233 e. The molecule has 7 heteroatoms. The first kappa shape index (κ1) is 24.7. The normalized spacial score (nSPS) is 16.2. The van der Waals surface area contributed by atoms with Crippen molar-refractivity contribution >= 4 is 35.8 Å². The van der Waals surface area contributed by atoms with Gasteiger partial charge in [-0.25, -0.2) is 0 Å². The molecule has 1 heterocycles. The Morgan fingerprint density at radius 2 is 1.79 bits per heavy atom. The molecule has 6 nitrogen and oxygen atoms in total. The van der Waals surface area contributed by atoms with Gasteiger partial charge in [-0.3, -0.25) is 14.7 Å². The van der Waals surface area contributed by atoms with Crippen molar-refractivity contribution < 1.29 is 4.79 Å². The number of guanidine groups is 1. The number of benzene rings is 1. The van der Waals surface area contributed by atoms with Crippen LogP contribution in [0.1, 0.15) is 44.7 Å². The van der Waals surface area contributed by atoms with E-state index in [1.54, 1.807) is 14.1 Å². The van der Waals surface area contributed by atoms with Gasteiger partial charge in [0.2, 0.25) is 5.91 Å². The SMILES string of the molecule is CN=C(NCc1ccc(C(C)(C)C)cc1)NC1CCN(CC(=O)NC)CC1.I. The van der Waals surface area contributed by atoms with Crippen LogP contribution in [0.3, 0.4) is 0 Å². The molecule has 1 aliphatic heterocycles. The summed E-state index contributed by atoms with van der Waals surface area (Å²) >= 11 is 0. The quantitative estimate of drug-likeness (QED) is 0.330. The fourth-order valence-electron chi connectivity index (χ4n) is 3.21. The van der Waals surface area contributed by atoms with E-state index in [2.05, 4.69) is 70.9 Å². The molecule has 0 radical (unpaired) electrons. The van der Waals surface area contributed by atoms with Crippen LogP contribution < -0.4 is 16.0 Å². The van der Waals surface area contributed by atoms with E-state index < -0.39 is 0 Å². The summed E-state index contributed by atoms with van der Waals surface area (Å²) in [6.07, 6.45) is 2.02. The number of hydrogen-bond donors (Lipinski definition) is 3. The Morgan fingerprint density at radius 1 is 1.18 bits per heavy atom. The number of nitrogens with zero attached hydrogens (tertiary/aromatic N) is 2. The van der Waals surface area contributed by atoms with E-state index in [4.69, 9.17) is 0 Å². The largest absolute Gasteiger partial charge is 0.358 e. The lowest BCUT2D eigenvalue weighted by atomic mass is 9.87. The molecule has 0 atom stereocenters. The minimum atomic E-state index is 0. The predicted molar refractivity (Wildman–Crippen MR) is 127 cm³/mol. The van der Waals surface area contributed by atoms with Crippen LogP contribution in [0.4, 0.5) is 0 Å². The number of carbonyl (C=O) groups excluding carboxylic acids is 1. The van der Waals surface area contributed by atoms with Crippen LogP contribution in [0, 0.1) is 0 Å². The molecule has 0 saturated carbocycles. The third-order valence-corrected chi connectivity index (χ3v) is 5.08. The monoisotopic (exact) mass is 501 g/mol. The highest BCUT2D eigenvalue weighted by Crippen LogP contribution is 2.22. The molecule has 1 amide bonds. The van der Waals surface area contributed by atoms with E-state index in [0.717, 1.165) is 38.4 Å². The second-order valence-corrected chi connectivity index (χ2v) is 8.24. The molecular formula is C21H36IN5O. The van der Waals surface area contributed by atoms with Gasteiger partial charge in [-0.1, -0.05) is 45.0 Å². The third-order valence-electron chi connectivity index (χ3n) is 5.08. The first-order valence-electron chi connectivity index (χ1n) is 9.81. The van der Waals surface area contributed by atoms with Crippen molar-refractivity contribution in [2.45, 2.75) is 51.6 Å². The van der Waals surface area contributed by atoms with Crippen molar-refractivity contribution in [3.63, 3.8) is 0 Å². The average molecular weight is 501 g/mol. The summed E-state index contributed by atoms with van der Waals surface area (Å²) in [7, 11) is 3.49. The summed E-state index contributed by atoms with van der Waals surface area (Å²) in [5.41, 5.74) is 2.76. The van der Waals surface area contributed by atoms with Crippen molar-refractivity contribution in [2.75, 3.05) is 33.7 Å². The van der Waals surface area contributed by atoms with E-state index in [9.17, 15) is 4.79 Å². The van der Waals surface area contributed by atoms with E-state index in [-0.39, 0.29) is 35.3 Å². The lowest BCUT2D eigenvalue weighted by molar-refractivity contribution is -0.122. The predicted octanol–water partition coefficient (Wildman–Crippen LogP) is 2.48. The van der Waals surface area contributed by atoms with Crippen LogP contribution in [0.2, 0.25) is 0 Å². The second-order valence-electron chi connectivity index (χ2n) is 8.24. The van der Waals surface area contributed by atoms with Gasteiger partial charge in [0, 0.05) is 39.8 Å². The number of likely N-dealkylation sites (tertiary alicyclic amines) is 1. The number of aliphatic imine (C=N–C) groups is 1. The fourth-order valence-corrected chi connectivity index (χ4v) is 3.21. The molecule has 0 bridgehead atoms. The standard InChI is InChI=1S/C21H35N5O.HI/c1-21(2,3)17-8-6-16(7-9-17)14-24-20(23-5)25-18-10-12-26(13-11-18)15-19(27)22-4;/h6-9,18H,10-15H2,1-5H3,(H,22,27)(H2,23,24,25);1H. The minimum Gasteiger partial charge on any atom is -0.358 e. The first-order chi connectivity index (χ1) is 12.8. The molecule has 0 aliphatic carbocycles. The van der Waals surface area contributed by atoms with Gasteiger partial charge in [-0.15, -0.1) is 24.0 Å². The summed E-state index contributed by atoms with van der Waals surface area (Å²) in [6, 6.07) is 9.15. The van der Waals surface area contributed by atoms with Crippen molar-refractivity contribution in [3.05, 3.63) is 35.4 Å². The van der Waals surface area contributed by atoms with Gasteiger partial charge in [-0.2, -0.15) is 0 Å². The molecule has 1 aromatic rings. The molecule has 2 rings (SSSR count). The van der Waals surface area contributed by atoms with Gasteiger partial charge in [0.15, 0.2) is 5.96 Å². The van der Waals surface area contributed by atoms with Crippen molar-refractivity contribution in [2.24, 2.45) is 4.99 Å². The minimum absolute atomic E-state index is 0. The van der Waals surface area contributed by atoms with Gasteiger partial charge >= 0.3 is 0 Å². The van der Waals surface area contributed by atoms with Crippen LogP contribution >= 0.6 is 24.0 Å². The molecule has 1 aromatic carbocycles. The number of nitrogens with one attached hydrogen (secondary N) is 3. The summed E-state index contributed by atoms with van der Waals surface area (Å²) in [4.78, 5) is 18.0. The van der Waals surface area contributed by atoms with Gasteiger partial charge in [-0.05, 0) is 29.4 Å². The lowest BCUT2D eigenvalue weighted by Gasteiger charge is -2.32. The van der Waals surface area contributed by atoms with Crippen LogP contribution in [0.25, 0.3) is 0 Å². The highest BCUT2D eigenvalue weighted by atomic mass is 127. The van der Waals surface area contributed by atoms with E-state index in [1.165, 1.54) is 11.1 Å². The number of amides is 1. The Labute approximate surface area is 187 Å². The summed E-state index contributed by atoms with van der Waals surface area (Å²) in [6.45, 7) is 9.77. The molecule has 1 fully saturated rings. The second kappa shape index (κ2) is 11.6. The Kier molecular flexibility index (Phi) is 10.2. The van der Waals surface area contributed by atoms with Crippen molar-refractivity contribution in [1.82, 2.24) is 20.9 Å². The van der Waals surface area contributed by atoms with Crippen LogP contribution in [-0.4, -0.2) is 56.5 Å². The highest BCUT2D eigenvalue weighted by molar-refractivity contribution is 14.0. The van der Waals surface area contributed by atoms with Gasteiger partial charge in [0.05, 0.1) is 6.54 Å². The zero-order valence-corrected chi connectivity index (χ0v) is 20.2. The Morgan fingerprint density at radius 3 is 2.29 bits per heavy atom. The zero-order chi connectivity index (χ0) is 19.9. The smallest absolute Gasteiger partial charge is 0.233 e. The van der Waals surface area contributed by atoms with E-state index in [1.807, 2.05) is 0 Å². The van der Waals surface area contributed by atoms with Gasteiger partial charge < -0.3 is 16.0 Å². The highest BCUT2D eigenvalue weighted by Gasteiger charge is 2.21. The molecule has 0 unspecified atom stereocenters. The maximum atomic E-state index is 11.5. The molecule has 1 saturated heterocycles. The molecule has 28 heavy (non-hydrogen) atoms. The van der Waals surface area contributed by atoms with Crippen LogP contribution in [-0.2, 0) is 16.8 Å². The zero-order valence-electron chi connectivity index (χ0n) is 17.8. The fraction of sp³-hybridized carbons (Fsp3) is 0.619. The third kappa shape index (κ3) is 7.95. The van der Waals surface area contributed by atoms with Crippen LogP contribution in [0.5, 0.6) is 0 Å². The van der Waals surface area contributed by atoms with E-state index in [0.29, 0.717) is 12.6 Å². The molecule has 0 spiro atoms. The number of hydrogen-bond acceptors (Lipinski definition) is 3. The number of likely N-dealkylation sites (N-methyl/N-ethyl adjacent to an activating group) is 1. The molecule has 0 aromatic heterocycles. The molecule has 3 N–H and O–H groups in total. The Bertz CT molecular complexity index is 631. The first-order valence-corrected chi connectivity index (χ1v) is 9.81. The molecular weight excluding hydrogens is 465 g/mol. The summed E-state index contributed by atoms with van der Waals surface area (Å²) < 4.78 is 0. The van der Waals surface area contributed by atoms with Crippen LogP contribution in [0.15, 0.2) is 29.3 Å². The topological polar surface area (TPSA) is 68.8 Å². The summed E-state index contributed by atoms with van der Waals surface area (Å²) in [5, 5.41) is 9.60. The Balaban J connectivity index is 0.00000392. The number of halogens is 1. The maximum absolute atomic E-state index is 11.5. The molecule has 158 valence electrons. The lowest BCUT2D eigenvalue weighted by Crippen LogP contribution is -2.49. The van der Waals surface area contributed by atoms with Crippen molar-refractivity contribution in [1.29, 1.82) is 0 Å². The summed E-state index contributed by atoms with van der Waals surface area (Å²) in [5.74, 6) is 0.913. The number of piperidine rings is 1. The van der Waals surface area contributed by atoms with Crippen molar-refractivity contribution in [3.8, 4) is 0 Å². The Hall–Kier alpha value is -1.35. The van der Waals surface area contributed by atoms with E-state index >= 15 is 0 Å². The average Bonchev–Trinajstić information content (AvgIpc) is 2.66. The number of rotatable bonds is 5.